The standard InChI is InChI=1S/C27H22ClFN8O5/c1-39-23-12-16(10-11-22(23)41-14-18-19(28)8-5-9-20(18)29)13-31-33-27(38)24-21(15-40-17-6-3-2-4-7-17)37(36-32-24)26-25(30)34-42-35-26/h2-13H,14-15H2,1H3,(H2,30,34)(H,33,38)/b31-13-. The zero-order chi connectivity index (χ0) is 29.5. The molecule has 0 aliphatic carbocycles. The number of anilines is 1. The van der Waals surface area contributed by atoms with Gasteiger partial charge in [-0.3, -0.25) is 4.79 Å². The zero-order valence-corrected chi connectivity index (χ0v) is 22.7. The molecule has 0 aliphatic rings. The minimum Gasteiger partial charge on any atom is -0.493 e. The van der Waals surface area contributed by atoms with Gasteiger partial charge in [0.1, 0.15) is 30.5 Å². The third kappa shape index (κ3) is 6.28. The Morgan fingerprint density at radius 1 is 1.10 bits per heavy atom. The van der Waals surface area contributed by atoms with Gasteiger partial charge in [0.2, 0.25) is 11.6 Å². The molecule has 0 atom stereocenters. The maximum atomic E-state index is 14.1. The van der Waals surface area contributed by atoms with Gasteiger partial charge in [0.25, 0.3) is 5.91 Å². The van der Waals surface area contributed by atoms with Gasteiger partial charge in [-0.05, 0) is 58.3 Å². The van der Waals surface area contributed by atoms with Crippen LogP contribution in [0.3, 0.4) is 0 Å². The molecule has 0 radical (unpaired) electrons. The number of hydrogen-bond acceptors (Lipinski definition) is 11. The van der Waals surface area contributed by atoms with Crippen molar-refractivity contribution in [3.05, 3.63) is 100 Å². The summed E-state index contributed by atoms with van der Waals surface area (Å²) in [6.45, 7) is -0.203. The first-order chi connectivity index (χ1) is 20.4. The van der Waals surface area contributed by atoms with Crippen LogP contribution in [0.2, 0.25) is 5.02 Å². The van der Waals surface area contributed by atoms with Crippen molar-refractivity contribution >= 4 is 29.5 Å². The number of hydrazone groups is 1. The number of aromatic nitrogens is 5. The number of nitrogens with zero attached hydrogens (tertiary/aromatic N) is 6. The normalized spacial score (nSPS) is 11.0. The highest BCUT2D eigenvalue weighted by Crippen LogP contribution is 2.30. The van der Waals surface area contributed by atoms with Crippen LogP contribution in [0.1, 0.15) is 27.3 Å². The molecular weight excluding hydrogens is 571 g/mol. The van der Waals surface area contributed by atoms with E-state index in [1.807, 2.05) is 6.07 Å². The number of ether oxygens (including phenoxy) is 3. The SMILES string of the molecule is COc1cc(/C=N\NC(=O)c2nnn(-c3nonc3N)c2COc2ccccc2)ccc1OCc1c(F)cccc1Cl. The van der Waals surface area contributed by atoms with Crippen LogP contribution >= 0.6 is 11.6 Å². The number of amides is 1. The molecule has 5 rings (SSSR count). The van der Waals surface area contributed by atoms with E-state index in [4.69, 9.17) is 31.5 Å². The van der Waals surface area contributed by atoms with Gasteiger partial charge in [0.15, 0.2) is 17.2 Å². The number of hydrogen-bond donors (Lipinski definition) is 2. The molecule has 15 heteroatoms. The van der Waals surface area contributed by atoms with E-state index in [1.54, 1.807) is 48.5 Å². The highest BCUT2D eigenvalue weighted by molar-refractivity contribution is 6.31. The average molecular weight is 593 g/mol. The van der Waals surface area contributed by atoms with Crippen LogP contribution in [0.4, 0.5) is 10.2 Å². The van der Waals surface area contributed by atoms with Crippen LogP contribution < -0.4 is 25.4 Å². The molecule has 0 aliphatic heterocycles. The van der Waals surface area contributed by atoms with Gasteiger partial charge in [0, 0.05) is 5.56 Å². The number of benzene rings is 3. The molecule has 0 unspecified atom stereocenters. The number of methoxy groups -OCH3 is 1. The molecule has 214 valence electrons. The van der Waals surface area contributed by atoms with Crippen molar-refractivity contribution in [3.63, 3.8) is 0 Å². The molecule has 0 spiro atoms. The van der Waals surface area contributed by atoms with E-state index in [1.165, 1.54) is 30.1 Å². The van der Waals surface area contributed by atoms with Gasteiger partial charge in [-0.25, -0.2) is 14.4 Å². The van der Waals surface area contributed by atoms with Crippen LogP contribution in [0.5, 0.6) is 17.2 Å². The number of nitrogens with one attached hydrogen (secondary N) is 1. The lowest BCUT2D eigenvalue weighted by Crippen LogP contribution is -2.21. The van der Waals surface area contributed by atoms with Gasteiger partial charge in [-0.2, -0.15) is 9.78 Å². The quantitative estimate of drug-likeness (QED) is 0.169. The Labute approximate surface area is 242 Å². The van der Waals surface area contributed by atoms with Crippen LogP contribution in [0, 0.1) is 5.82 Å². The Kier molecular flexibility index (Phi) is 8.53. The molecule has 0 saturated heterocycles. The smallest absolute Gasteiger partial charge is 0.293 e. The molecule has 13 nitrogen and oxygen atoms in total. The molecule has 42 heavy (non-hydrogen) atoms. The molecule has 1 amide bonds. The van der Waals surface area contributed by atoms with Gasteiger partial charge >= 0.3 is 0 Å². The van der Waals surface area contributed by atoms with Crippen LogP contribution in [-0.4, -0.2) is 44.5 Å². The second-order valence-electron chi connectivity index (χ2n) is 8.47. The number of halogens is 2. The van der Waals surface area contributed by atoms with Crippen molar-refractivity contribution < 1.29 is 28.0 Å². The fourth-order valence-electron chi connectivity index (χ4n) is 3.71. The Morgan fingerprint density at radius 3 is 2.67 bits per heavy atom. The third-order valence-electron chi connectivity index (χ3n) is 5.79. The molecule has 2 aromatic heterocycles. The third-order valence-corrected chi connectivity index (χ3v) is 6.15. The first-order valence-electron chi connectivity index (χ1n) is 12.2. The van der Waals surface area contributed by atoms with Crippen LogP contribution in [-0.2, 0) is 13.2 Å². The largest absolute Gasteiger partial charge is 0.493 e. The van der Waals surface area contributed by atoms with Gasteiger partial charge in [-0.15, -0.1) is 5.10 Å². The predicted molar refractivity (Wildman–Crippen MR) is 148 cm³/mol. The van der Waals surface area contributed by atoms with E-state index in [9.17, 15) is 9.18 Å². The summed E-state index contributed by atoms with van der Waals surface area (Å²) in [5.41, 5.74) is 9.16. The molecule has 0 bridgehead atoms. The molecule has 2 heterocycles. The molecule has 5 aromatic rings. The van der Waals surface area contributed by atoms with Crippen molar-refractivity contribution in [2.24, 2.45) is 5.10 Å². The number of nitrogens with two attached hydrogens (primary N) is 1. The van der Waals surface area contributed by atoms with Crippen molar-refractivity contribution in [2.75, 3.05) is 12.8 Å². The lowest BCUT2D eigenvalue weighted by Gasteiger charge is -2.12. The lowest BCUT2D eigenvalue weighted by molar-refractivity contribution is 0.0947. The Balaban J connectivity index is 1.29. The second kappa shape index (κ2) is 12.8. The Morgan fingerprint density at radius 2 is 1.93 bits per heavy atom. The summed E-state index contributed by atoms with van der Waals surface area (Å²) in [5, 5.41) is 19.5. The molecule has 3 aromatic carbocycles. The number of para-hydroxylation sites is 1. The zero-order valence-electron chi connectivity index (χ0n) is 21.9. The second-order valence-corrected chi connectivity index (χ2v) is 8.88. The summed E-state index contributed by atoms with van der Waals surface area (Å²) >= 11 is 6.08. The van der Waals surface area contributed by atoms with Gasteiger partial charge in [-0.1, -0.05) is 41.1 Å². The van der Waals surface area contributed by atoms with Gasteiger partial charge < -0.3 is 19.9 Å². The number of carbonyl (C=O) groups excluding carboxylic acids is 1. The number of nitrogen functional groups attached to an aromatic ring is 1. The maximum Gasteiger partial charge on any atom is 0.293 e. The molecule has 0 saturated carbocycles. The van der Waals surface area contributed by atoms with Gasteiger partial charge in [0.05, 0.1) is 18.3 Å². The number of rotatable bonds is 11. The fourth-order valence-corrected chi connectivity index (χ4v) is 3.92. The van der Waals surface area contributed by atoms with E-state index in [0.717, 1.165) is 0 Å². The van der Waals surface area contributed by atoms with E-state index in [-0.39, 0.29) is 46.8 Å². The van der Waals surface area contributed by atoms with Crippen molar-refractivity contribution in [1.82, 2.24) is 30.7 Å². The number of carbonyl (C=O) groups is 1. The minimum atomic E-state index is -0.673. The average Bonchev–Trinajstić information content (AvgIpc) is 3.62. The first-order valence-corrected chi connectivity index (χ1v) is 12.6. The summed E-state index contributed by atoms with van der Waals surface area (Å²) in [6.07, 6.45) is 1.39. The molecule has 0 fully saturated rings. The van der Waals surface area contributed by atoms with E-state index < -0.39 is 11.7 Å². The summed E-state index contributed by atoms with van der Waals surface area (Å²) in [7, 11) is 1.46. The van der Waals surface area contributed by atoms with Crippen molar-refractivity contribution in [3.8, 4) is 23.1 Å². The van der Waals surface area contributed by atoms with Crippen molar-refractivity contribution in [2.45, 2.75) is 13.2 Å². The van der Waals surface area contributed by atoms with Crippen LogP contribution in [0.15, 0.2) is 76.5 Å². The summed E-state index contributed by atoms with van der Waals surface area (Å²) < 4.78 is 36.9. The van der Waals surface area contributed by atoms with E-state index >= 15 is 0 Å². The highest BCUT2D eigenvalue weighted by Gasteiger charge is 2.24. The lowest BCUT2D eigenvalue weighted by atomic mass is 10.2. The fraction of sp³-hybridized carbons (Fsp3) is 0.111. The summed E-state index contributed by atoms with van der Waals surface area (Å²) in [4.78, 5) is 13.0. The van der Waals surface area contributed by atoms with Crippen LogP contribution in [0.25, 0.3) is 5.82 Å². The topological polar surface area (TPSA) is 165 Å². The monoisotopic (exact) mass is 592 g/mol. The first kappa shape index (κ1) is 28.0. The molecular formula is C27H22ClFN8O5. The molecule has 3 N–H and O–H groups in total. The summed E-state index contributed by atoms with van der Waals surface area (Å²) in [6, 6.07) is 18.3. The van der Waals surface area contributed by atoms with E-state index in [2.05, 4.69) is 35.8 Å². The summed E-state index contributed by atoms with van der Waals surface area (Å²) in [5.74, 6) is 0.121. The Hall–Kier alpha value is -5.50. The van der Waals surface area contributed by atoms with E-state index in [0.29, 0.717) is 22.8 Å². The predicted octanol–water partition coefficient (Wildman–Crippen LogP) is 3.96. The Bertz CT molecular complexity index is 1710. The highest BCUT2D eigenvalue weighted by atomic mass is 35.5. The maximum absolute atomic E-state index is 14.1. The minimum absolute atomic E-state index is 0.0448. The van der Waals surface area contributed by atoms with Crippen molar-refractivity contribution in [1.29, 1.82) is 0 Å².